The van der Waals surface area contributed by atoms with Gasteiger partial charge in [-0.2, -0.15) is 0 Å². The van der Waals surface area contributed by atoms with Crippen molar-refractivity contribution in [3.05, 3.63) is 12.2 Å². The number of rotatable bonds is 4. The summed E-state index contributed by atoms with van der Waals surface area (Å²) in [5.74, 6) is -0.551. The molecule has 0 bridgehead atoms. The van der Waals surface area contributed by atoms with E-state index in [4.69, 9.17) is 15.9 Å². The van der Waals surface area contributed by atoms with E-state index in [2.05, 4.69) is 0 Å². The van der Waals surface area contributed by atoms with Crippen LogP contribution in [0.25, 0.3) is 0 Å². The van der Waals surface area contributed by atoms with Crippen molar-refractivity contribution in [3.63, 3.8) is 0 Å². The molecule has 4 heteroatoms. The normalized spacial score (nSPS) is 13.8. The highest BCUT2D eigenvalue weighted by molar-refractivity contribution is 5.85. The number of carbonyl (C=O) groups is 1. The van der Waals surface area contributed by atoms with Gasteiger partial charge in [0, 0.05) is 0 Å². The number of aliphatic hydroxyl groups excluding tert-OH is 2. The van der Waals surface area contributed by atoms with Gasteiger partial charge in [-0.15, -0.1) is 0 Å². The molecule has 0 fully saturated rings. The van der Waals surface area contributed by atoms with E-state index in [1.54, 1.807) is 0 Å². The molecule has 0 aromatic carbocycles. The second-order valence-corrected chi connectivity index (χ2v) is 1.88. The largest absolute Gasteiger partial charge is 0.394 e. The monoisotopic (exact) mass is 145 g/mol. The minimum absolute atomic E-state index is 0.249. The molecule has 0 radical (unpaired) electrons. The van der Waals surface area contributed by atoms with Gasteiger partial charge in [-0.25, -0.2) is 0 Å². The highest BCUT2D eigenvalue weighted by Gasteiger charge is 1.96. The Balaban J connectivity index is 3.43. The van der Waals surface area contributed by atoms with Crippen LogP contribution in [0.3, 0.4) is 0 Å². The molecule has 1 amide bonds. The Morgan fingerprint density at radius 2 is 2.30 bits per heavy atom. The summed E-state index contributed by atoms with van der Waals surface area (Å²) in [6, 6.07) is 0. The Bertz CT molecular complexity index is 133. The Morgan fingerprint density at radius 3 is 2.70 bits per heavy atom. The summed E-state index contributed by atoms with van der Waals surface area (Å²) in [7, 11) is 0. The summed E-state index contributed by atoms with van der Waals surface area (Å²) in [4.78, 5) is 10.1. The van der Waals surface area contributed by atoms with Crippen molar-refractivity contribution in [1.29, 1.82) is 0 Å². The maximum Gasteiger partial charge on any atom is 0.241 e. The molecule has 4 nitrogen and oxygen atoms in total. The van der Waals surface area contributed by atoms with Crippen LogP contribution in [0.2, 0.25) is 0 Å². The lowest BCUT2D eigenvalue weighted by atomic mass is 10.2. The fraction of sp³-hybridized carbons (Fsp3) is 0.500. The van der Waals surface area contributed by atoms with Crippen LogP contribution in [-0.2, 0) is 4.79 Å². The molecule has 0 heterocycles. The second-order valence-electron chi connectivity index (χ2n) is 1.88. The number of primary amides is 1. The quantitative estimate of drug-likeness (QED) is 0.433. The molecule has 0 aromatic rings. The molecule has 0 aromatic heterocycles. The van der Waals surface area contributed by atoms with Gasteiger partial charge in [0.1, 0.15) is 0 Å². The molecule has 0 rings (SSSR count). The Labute approximate surface area is 59.0 Å². The number of aliphatic hydroxyl groups is 2. The van der Waals surface area contributed by atoms with Gasteiger partial charge in [0.05, 0.1) is 12.7 Å². The van der Waals surface area contributed by atoms with E-state index in [1.807, 2.05) is 0 Å². The van der Waals surface area contributed by atoms with Crippen LogP contribution in [0.1, 0.15) is 6.42 Å². The van der Waals surface area contributed by atoms with Gasteiger partial charge >= 0.3 is 0 Å². The molecular weight excluding hydrogens is 134 g/mol. The van der Waals surface area contributed by atoms with E-state index in [1.165, 1.54) is 6.08 Å². The van der Waals surface area contributed by atoms with E-state index in [-0.39, 0.29) is 13.0 Å². The fourth-order valence-electron chi connectivity index (χ4n) is 0.416. The van der Waals surface area contributed by atoms with Crippen LogP contribution >= 0.6 is 0 Å². The standard InChI is InChI=1S/C6H11NO3/c7-6(10)3-1-2-5(9)4-8/h1,3,5,8-9H,2,4H2,(H2,7,10). The highest BCUT2D eigenvalue weighted by atomic mass is 16.3. The lowest BCUT2D eigenvalue weighted by Gasteiger charge is -1.99. The molecule has 0 saturated carbocycles. The van der Waals surface area contributed by atoms with Gasteiger partial charge < -0.3 is 15.9 Å². The predicted molar refractivity (Wildman–Crippen MR) is 36.0 cm³/mol. The van der Waals surface area contributed by atoms with Gasteiger partial charge in [0.25, 0.3) is 0 Å². The summed E-state index contributed by atoms with van der Waals surface area (Å²) in [5, 5.41) is 17.0. The Kier molecular flexibility index (Phi) is 4.53. The van der Waals surface area contributed by atoms with Crippen LogP contribution in [-0.4, -0.2) is 28.8 Å². The Morgan fingerprint density at radius 1 is 1.70 bits per heavy atom. The summed E-state index contributed by atoms with van der Waals surface area (Å²) in [6.45, 7) is -0.302. The first-order chi connectivity index (χ1) is 4.66. The Hall–Kier alpha value is -0.870. The van der Waals surface area contributed by atoms with Crippen molar-refractivity contribution < 1.29 is 15.0 Å². The van der Waals surface area contributed by atoms with Crippen LogP contribution in [0, 0.1) is 0 Å². The zero-order chi connectivity index (χ0) is 7.98. The third-order valence-electron chi connectivity index (χ3n) is 0.901. The zero-order valence-electron chi connectivity index (χ0n) is 5.53. The maximum atomic E-state index is 10.1. The van der Waals surface area contributed by atoms with E-state index < -0.39 is 12.0 Å². The number of nitrogens with two attached hydrogens (primary N) is 1. The summed E-state index contributed by atoms with van der Waals surface area (Å²) >= 11 is 0. The van der Waals surface area contributed by atoms with Crippen molar-refractivity contribution in [1.82, 2.24) is 0 Å². The first-order valence-electron chi connectivity index (χ1n) is 2.91. The van der Waals surface area contributed by atoms with Crippen LogP contribution in [0.15, 0.2) is 12.2 Å². The second kappa shape index (κ2) is 4.96. The van der Waals surface area contributed by atoms with E-state index >= 15 is 0 Å². The highest BCUT2D eigenvalue weighted by Crippen LogP contribution is 1.90. The molecule has 58 valence electrons. The van der Waals surface area contributed by atoms with Crippen molar-refractivity contribution in [3.8, 4) is 0 Å². The van der Waals surface area contributed by atoms with Gasteiger partial charge in [-0.1, -0.05) is 6.08 Å². The fourth-order valence-corrected chi connectivity index (χ4v) is 0.416. The van der Waals surface area contributed by atoms with Crippen molar-refractivity contribution in [2.75, 3.05) is 6.61 Å². The molecule has 0 saturated heterocycles. The van der Waals surface area contributed by atoms with Gasteiger partial charge in [0.15, 0.2) is 0 Å². The first-order valence-corrected chi connectivity index (χ1v) is 2.91. The third-order valence-corrected chi connectivity index (χ3v) is 0.901. The minimum atomic E-state index is -0.796. The zero-order valence-corrected chi connectivity index (χ0v) is 5.53. The van der Waals surface area contributed by atoms with Crippen molar-refractivity contribution in [2.45, 2.75) is 12.5 Å². The summed E-state index contributed by atoms with van der Waals surface area (Å²) in [5.41, 5.74) is 4.75. The molecule has 1 unspecified atom stereocenters. The molecule has 1 atom stereocenters. The van der Waals surface area contributed by atoms with E-state index in [0.717, 1.165) is 6.08 Å². The van der Waals surface area contributed by atoms with Gasteiger partial charge in [-0.05, 0) is 12.5 Å². The average molecular weight is 145 g/mol. The predicted octanol–water partition coefficient (Wildman–Crippen LogP) is -1.23. The molecule has 0 spiro atoms. The molecule has 10 heavy (non-hydrogen) atoms. The topological polar surface area (TPSA) is 83.6 Å². The molecule has 0 aliphatic carbocycles. The van der Waals surface area contributed by atoms with Crippen molar-refractivity contribution >= 4 is 5.91 Å². The van der Waals surface area contributed by atoms with E-state index in [0.29, 0.717) is 0 Å². The minimum Gasteiger partial charge on any atom is -0.394 e. The lowest BCUT2D eigenvalue weighted by molar-refractivity contribution is -0.113. The molecule has 0 aliphatic rings. The number of hydrogen-bond donors (Lipinski definition) is 3. The van der Waals surface area contributed by atoms with Crippen molar-refractivity contribution in [2.24, 2.45) is 5.73 Å². The number of amides is 1. The molecular formula is C6H11NO3. The lowest BCUT2D eigenvalue weighted by Crippen LogP contribution is -2.11. The molecule has 0 aliphatic heterocycles. The van der Waals surface area contributed by atoms with Gasteiger partial charge in [-0.3, -0.25) is 4.79 Å². The maximum absolute atomic E-state index is 10.1. The first kappa shape index (κ1) is 9.13. The van der Waals surface area contributed by atoms with Crippen LogP contribution in [0.4, 0.5) is 0 Å². The SMILES string of the molecule is NC(=O)C=CCC(O)CO. The summed E-state index contributed by atoms with van der Waals surface area (Å²) in [6.07, 6.45) is 2.03. The average Bonchev–Trinajstić information content (AvgIpc) is 1.87. The molecule has 4 N–H and O–H groups in total. The number of carbonyl (C=O) groups excluding carboxylic acids is 1. The summed E-state index contributed by atoms with van der Waals surface area (Å²) < 4.78 is 0. The third kappa shape index (κ3) is 5.27. The number of hydrogen-bond acceptors (Lipinski definition) is 3. The van der Waals surface area contributed by atoms with E-state index in [9.17, 15) is 4.79 Å². The van der Waals surface area contributed by atoms with Crippen LogP contribution < -0.4 is 5.73 Å². The van der Waals surface area contributed by atoms with Crippen LogP contribution in [0.5, 0.6) is 0 Å². The van der Waals surface area contributed by atoms with Gasteiger partial charge in [0.2, 0.25) is 5.91 Å². The smallest absolute Gasteiger partial charge is 0.241 e.